The zero-order valence-corrected chi connectivity index (χ0v) is 16.4. The number of hydrogen-bond donors (Lipinski definition) is 3. The summed E-state index contributed by atoms with van der Waals surface area (Å²) in [5.41, 5.74) is 4.30. The molecule has 0 saturated carbocycles. The summed E-state index contributed by atoms with van der Waals surface area (Å²) in [6, 6.07) is 16.3. The molecule has 0 amide bonds. The van der Waals surface area contributed by atoms with Gasteiger partial charge in [0.2, 0.25) is 0 Å². The number of fused-ring (bicyclic) bond motifs is 1. The lowest BCUT2D eigenvalue weighted by molar-refractivity contribution is 0.194. The van der Waals surface area contributed by atoms with E-state index in [0.29, 0.717) is 12.3 Å². The highest BCUT2D eigenvalue weighted by atomic mass is 32.2. The predicted molar refractivity (Wildman–Crippen MR) is 113 cm³/mol. The Hall–Kier alpha value is -1.77. The molecular weight excluding hydrogens is 373 g/mol. The molecule has 146 valence electrons. The lowest BCUT2D eigenvalue weighted by atomic mass is 9.77. The molecule has 1 aromatic heterocycles. The van der Waals surface area contributed by atoms with Gasteiger partial charge in [-0.25, -0.2) is 0 Å². The Morgan fingerprint density at radius 1 is 1.18 bits per heavy atom. The van der Waals surface area contributed by atoms with Crippen LogP contribution in [0, 0.1) is 0 Å². The van der Waals surface area contributed by atoms with Crippen molar-refractivity contribution >= 4 is 30.0 Å². The third-order valence-corrected chi connectivity index (χ3v) is 6.13. The van der Waals surface area contributed by atoms with Crippen molar-refractivity contribution in [1.82, 2.24) is 4.72 Å². The van der Waals surface area contributed by atoms with Crippen LogP contribution in [-0.4, -0.2) is 36.3 Å². The zero-order chi connectivity index (χ0) is 19.3. The van der Waals surface area contributed by atoms with Gasteiger partial charge in [0.25, 0.3) is 0 Å². The van der Waals surface area contributed by atoms with Gasteiger partial charge in [-0.3, -0.25) is 4.72 Å². The average Bonchev–Trinajstić information content (AvgIpc) is 3.38. The van der Waals surface area contributed by atoms with E-state index >= 15 is 0 Å². The molecule has 3 aromatic rings. The van der Waals surface area contributed by atoms with Gasteiger partial charge in [-0.15, -0.1) is 0 Å². The summed E-state index contributed by atoms with van der Waals surface area (Å²) in [5.74, 6) is 0.744. The van der Waals surface area contributed by atoms with Crippen LogP contribution in [0.3, 0.4) is 0 Å². The Morgan fingerprint density at radius 3 is 2.89 bits per heavy atom. The molecule has 2 heterocycles. The fraction of sp³-hybridized carbons (Fsp3) is 0.333. The smallest absolute Gasteiger partial charge is 0.464 e. The molecule has 5 nitrogen and oxygen atoms in total. The minimum absolute atomic E-state index is 0.473. The summed E-state index contributed by atoms with van der Waals surface area (Å²) < 4.78 is 14.3. The van der Waals surface area contributed by atoms with Gasteiger partial charge >= 0.3 is 7.12 Å². The summed E-state index contributed by atoms with van der Waals surface area (Å²) in [6.45, 7) is 1.64. The van der Waals surface area contributed by atoms with E-state index in [2.05, 4.69) is 29.0 Å². The highest BCUT2D eigenvalue weighted by Gasteiger charge is 2.25. The first-order valence-corrected chi connectivity index (χ1v) is 10.5. The standard InChI is InChI=1S/C21H24BNO4S/c24-22(25)21(11-18-13-27-20-7-2-1-6-19(18)20)23-28-14-15-4-3-5-16(10-15)17-8-9-26-12-17/h1-7,10,13,17,21,23-25H,8-9,11-12,14H2/t17?,21-/m0/s1. The SMILES string of the molecule is OB(O)[C@H](Cc1coc2ccccc12)NSCc1cccc(C2CCOC2)c1. The van der Waals surface area contributed by atoms with Gasteiger partial charge < -0.3 is 19.2 Å². The van der Waals surface area contributed by atoms with E-state index < -0.39 is 13.1 Å². The largest absolute Gasteiger partial charge is 0.470 e. The average molecular weight is 397 g/mol. The van der Waals surface area contributed by atoms with Crippen LogP contribution in [0.1, 0.15) is 29.0 Å². The Balaban J connectivity index is 1.36. The highest BCUT2D eigenvalue weighted by Crippen LogP contribution is 2.27. The van der Waals surface area contributed by atoms with Crippen molar-refractivity contribution < 1.29 is 19.2 Å². The van der Waals surface area contributed by atoms with Gasteiger partial charge in [-0.2, -0.15) is 0 Å². The Bertz CT molecular complexity index is 910. The molecule has 3 N–H and O–H groups in total. The molecule has 2 aromatic carbocycles. The topological polar surface area (TPSA) is 74.9 Å². The van der Waals surface area contributed by atoms with Crippen molar-refractivity contribution in [2.75, 3.05) is 13.2 Å². The van der Waals surface area contributed by atoms with Gasteiger partial charge in [0.05, 0.1) is 18.8 Å². The van der Waals surface area contributed by atoms with E-state index in [9.17, 15) is 10.0 Å². The van der Waals surface area contributed by atoms with Gasteiger partial charge in [0.15, 0.2) is 0 Å². The van der Waals surface area contributed by atoms with Crippen LogP contribution in [0.2, 0.25) is 0 Å². The van der Waals surface area contributed by atoms with Crippen molar-refractivity contribution in [2.24, 2.45) is 0 Å². The van der Waals surface area contributed by atoms with Crippen LogP contribution in [0.15, 0.2) is 59.2 Å². The lowest BCUT2D eigenvalue weighted by Crippen LogP contribution is -2.42. The van der Waals surface area contributed by atoms with Crippen molar-refractivity contribution in [1.29, 1.82) is 0 Å². The molecule has 28 heavy (non-hydrogen) atoms. The molecule has 2 atom stereocenters. The third-order valence-electron chi connectivity index (χ3n) is 5.19. The fourth-order valence-electron chi connectivity index (χ4n) is 3.60. The third kappa shape index (κ3) is 4.62. The van der Waals surface area contributed by atoms with Crippen molar-refractivity contribution in [2.45, 2.75) is 30.5 Å². The molecule has 0 bridgehead atoms. The second-order valence-electron chi connectivity index (χ2n) is 7.19. The first kappa shape index (κ1) is 19.5. The second-order valence-corrected chi connectivity index (χ2v) is 8.01. The van der Waals surface area contributed by atoms with Crippen LogP contribution in [0.4, 0.5) is 0 Å². The number of rotatable bonds is 8. The van der Waals surface area contributed by atoms with Crippen LogP contribution in [0.25, 0.3) is 11.0 Å². The summed E-state index contributed by atoms with van der Waals surface area (Å²) in [6.07, 6.45) is 3.24. The molecule has 0 aliphatic carbocycles. The number of hydrogen-bond acceptors (Lipinski definition) is 6. The molecule has 1 aliphatic heterocycles. The molecule has 1 fully saturated rings. The van der Waals surface area contributed by atoms with Gasteiger partial charge in [0, 0.05) is 23.7 Å². The van der Waals surface area contributed by atoms with Crippen molar-refractivity contribution in [3.8, 4) is 0 Å². The Morgan fingerprint density at radius 2 is 2.07 bits per heavy atom. The summed E-state index contributed by atoms with van der Waals surface area (Å²) in [4.78, 5) is 0. The maximum atomic E-state index is 9.80. The summed E-state index contributed by atoms with van der Waals surface area (Å²) >= 11 is 1.49. The van der Waals surface area contributed by atoms with Crippen LogP contribution in [-0.2, 0) is 16.9 Å². The van der Waals surface area contributed by atoms with Crippen molar-refractivity contribution in [3.05, 3.63) is 71.5 Å². The van der Waals surface area contributed by atoms with Crippen LogP contribution < -0.4 is 4.72 Å². The summed E-state index contributed by atoms with van der Waals surface area (Å²) in [7, 11) is -1.46. The minimum atomic E-state index is -1.46. The second kappa shape index (κ2) is 9.16. The highest BCUT2D eigenvalue weighted by molar-refractivity contribution is 7.96. The molecule has 0 radical (unpaired) electrons. The van der Waals surface area contributed by atoms with E-state index in [1.54, 1.807) is 6.26 Å². The molecule has 1 unspecified atom stereocenters. The molecular formula is C21H24BNO4S. The monoisotopic (exact) mass is 397 g/mol. The molecule has 1 aliphatic rings. The Kier molecular flexibility index (Phi) is 6.39. The van der Waals surface area contributed by atoms with Crippen molar-refractivity contribution in [3.63, 3.8) is 0 Å². The Labute approximate surface area is 169 Å². The van der Waals surface area contributed by atoms with E-state index in [1.807, 2.05) is 24.3 Å². The predicted octanol–water partition coefficient (Wildman–Crippen LogP) is 3.30. The number of nitrogens with one attached hydrogen (secondary N) is 1. The van der Waals surface area contributed by atoms with E-state index in [-0.39, 0.29) is 0 Å². The lowest BCUT2D eigenvalue weighted by Gasteiger charge is -2.17. The molecule has 4 rings (SSSR count). The van der Waals surface area contributed by atoms with E-state index in [1.165, 1.54) is 23.1 Å². The van der Waals surface area contributed by atoms with E-state index in [4.69, 9.17) is 9.15 Å². The number of para-hydroxylation sites is 1. The van der Waals surface area contributed by atoms with E-state index in [0.717, 1.165) is 41.9 Å². The number of ether oxygens (including phenoxy) is 1. The first-order chi connectivity index (χ1) is 13.7. The fourth-order valence-corrected chi connectivity index (χ4v) is 4.45. The van der Waals surface area contributed by atoms with Crippen LogP contribution >= 0.6 is 11.9 Å². The number of furan rings is 1. The first-order valence-electron chi connectivity index (χ1n) is 9.56. The molecule has 1 saturated heterocycles. The molecule has 7 heteroatoms. The zero-order valence-electron chi connectivity index (χ0n) is 15.6. The minimum Gasteiger partial charge on any atom is -0.464 e. The maximum absolute atomic E-state index is 9.80. The molecule has 0 spiro atoms. The van der Waals surface area contributed by atoms with Gasteiger partial charge in [-0.05, 0) is 35.6 Å². The van der Waals surface area contributed by atoms with Gasteiger partial charge in [0.1, 0.15) is 5.58 Å². The quantitative estimate of drug-likeness (QED) is 0.400. The number of benzene rings is 2. The van der Waals surface area contributed by atoms with Gasteiger partial charge in [-0.1, -0.05) is 54.4 Å². The van der Waals surface area contributed by atoms with Crippen LogP contribution in [0.5, 0.6) is 0 Å². The summed E-state index contributed by atoms with van der Waals surface area (Å²) in [5, 5.41) is 20.6. The normalized spacial score (nSPS) is 17.9. The maximum Gasteiger partial charge on any atom is 0.470 e.